The van der Waals surface area contributed by atoms with Gasteiger partial charge in [-0.15, -0.1) is 0 Å². The van der Waals surface area contributed by atoms with E-state index in [0.717, 1.165) is 0 Å². The molecule has 0 radical (unpaired) electrons. The molecule has 1 heterocycles. The van der Waals surface area contributed by atoms with Gasteiger partial charge in [-0.25, -0.2) is 4.79 Å². The minimum Gasteiger partial charge on any atom is -0.478 e. The van der Waals surface area contributed by atoms with Crippen molar-refractivity contribution < 1.29 is 14.6 Å². The summed E-state index contributed by atoms with van der Waals surface area (Å²) in [6.07, 6.45) is 0. The molecule has 0 unspecified atom stereocenters. The molecule has 19 heavy (non-hydrogen) atoms. The van der Waals surface area contributed by atoms with E-state index in [2.05, 4.69) is 4.98 Å². The number of ether oxygens (including phenoxy) is 1. The minimum absolute atomic E-state index is 0.253. The molecule has 0 aliphatic carbocycles. The van der Waals surface area contributed by atoms with Gasteiger partial charge in [-0.1, -0.05) is 19.9 Å². The summed E-state index contributed by atoms with van der Waals surface area (Å²) >= 11 is 0. The Morgan fingerprint density at radius 2 is 2.05 bits per heavy atom. The van der Waals surface area contributed by atoms with Gasteiger partial charge in [0.15, 0.2) is 0 Å². The molecule has 0 spiro atoms. The van der Waals surface area contributed by atoms with Crippen LogP contribution in [0.15, 0.2) is 18.2 Å². The summed E-state index contributed by atoms with van der Waals surface area (Å²) in [5.74, 6) is -0.951. The molecule has 104 valence electrons. The van der Waals surface area contributed by atoms with Gasteiger partial charge in [0.2, 0.25) is 0 Å². The first-order valence-corrected chi connectivity index (χ1v) is 6.54. The van der Waals surface area contributed by atoms with E-state index in [0.29, 0.717) is 30.2 Å². The van der Waals surface area contributed by atoms with Crippen molar-refractivity contribution in [2.75, 3.05) is 6.61 Å². The molecule has 2 rings (SSSR count). The number of nitrogens with zero attached hydrogens (tertiary/aromatic N) is 2. The molecule has 0 atom stereocenters. The van der Waals surface area contributed by atoms with Crippen LogP contribution in [0.2, 0.25) is 0 Å². The van der Waals surface area contributed by atoms with Crippen LogP contribution in [-0.4, -0.2) is 27.2 Å². The van der Waals surface area contributed by atoms with E-state index in [4.69, 9.17) is 9.84 Å². The van der Waals surface area contributed by atoms with Gasteiger partial charge in [0.1, 0.15) is 0 Å². The highest BCUT2D eigenvalue weighted by atomic mass is 16.5. The number of hydrogen-bond acceptors (Lipinski definition) is 3. The average molecular weight is 264 g/mol. The number of rotatable bonds is 4. The summed E-state index contributed by atoms with van der Waals surface area (Å²) in [4.78, 5) is 15.5. The summed E-state index contributed by atoms with van der Waals surface area (Å²) < 4.78 is 7.19. The molecule has 0 aliphatic heterocycles. The predicted octanol–water partition coefficient (Wildman–Crippen LogP) is 3.18. The molecule has 1 aromatic heterocycles. The summed E-state index contributed by atoms with van der Waals surface area (Å²) in [5, 5.41) is 9.16. The first kappa shape index (κ1) is 15.0. The first-order chi connectivity index (χ1) is 9.19. The predicted molar refractivity (Wildman–Crippen MR) is 74.9 cm³/mol. The second-order valence-electron chi connectivity index (χ2n) is 3.55. The van der Waals surface area contributed by atoms with Gasteiger partial charge in [0, 0.05) is 6.54 Å². The van der Waals surface area contributed by atoms with Gasteiger partial charge in [0.25, 0.3) is 6.01 Å². The van der Waals surface area contributed by atoms with Gasteiger partial charge in [0.05, 0.1) is 23.2 Å². The van der Waals surface area contributed by atoms with Crippen molar-refractivity contribution in [2.24, 2.45) is 0 Å². The van der Waals surface area contributed by atoms with Crippen LogP contribution < -0.4 is 4.74 Å². The second kappa shape index (κ2) is 6.78. The highest BCUT2D eigenvalue weighted by Crippen LogP contribution is 2.24. The summed E-state index contributed by atoms with van der Waals surface area (Å²) in [6, 6.07) is 5.53. The smallest absolute Gasteiger partial charge is 0.337 e. The highest BCUT2D eigenvalue weighted by Gasteiger charge is 2.17. The molecule has 0 aliphatic rings. The molecule has 2 aromatic rings. The van der Waals surface area contributed by atoms with E-state index < -0.39 is 5.97 Å². The third-order valence-electron chi connectivity index (χ3n) is 2.55. The molecule has 1 N–H and O–H groups in total. The van der Waals surface area contributed by atoms with Crippen molar-refractivity contribution in [3.63, 3.8) is 0 Å². The lowest BCUT2D eigenvalue weighted by molar-refractivity contribution is 0.0698. The SMILES string of the molecule is CC.CCOc1nc2cccc(C(=O)O)c2n1CC. The Hall–Kier alpha value is -2.04. The molecule has 0 saturated heterocycles. The number of aryl methyl sites for hydroxylation is 1. The zero-order chi connectivity index (χ0) is 14.4. The Bertz CT molecular complexity index is 561. The Labute approximate surface area is 112 Å². The van der Waals surface area contributed by atoms with Crippen LogP contribution in [0, 0.1) is 0 Å². The zero-order valence-electron chi connectivity index (χ0n) is 11.8. The van der Waals surface area contributed by atoms with Crippen LogP contribution in [0.3, 0.4) is 0 Å². The molecule has 0 fully saturated rings. The molecule has 5 nitrogen and oxygen atoms in total. The molecular formula is C14H20N2O3. The minimum atomic E-state index is -0.951. The van der Waals surface area contributed by atoms with E-state index in [1.165, 1.54) is 0 Å². The Balaban J connectivity index is 0.000000861. The van der Waals surface area contributed by atoms with E-state index >= 15 is 0 Å². The van der Waals surface area contributed by atoms with Crippen LogP contribution >= 0.6 is 0 Å². The van der Waals surface area contributed by atoms with Crippen LogP contribution in [0.25, 0.3) is 11.0 Å². The fourth-order valence-corrected chi connectivity index (χ4v) is 1.87. The zero-order valence-corrected chi connectivity index (χ0v) is 11.8. The van der Waals surface area contributed by atoms with Crippen LogP contribution in [0.1, 0.15) is 38.1 Å². The maximum atomic E-state index is 11.2. The van der Waals surface area contributed by atoms with E-state index in [1.54, 1.807) is 22.8 Å². The van der Waals surface area contributed by atoms with Gasteiger partial charge in [-0.05, 0) is 26.0 Å². The number of carbonyl (C=O) groups is 1. The molecule has 0 saturated carbocycles. The molecule has 0 amide bonds. The topological polar surface area (TPSA) is 64.3 Å². The van der Waals surface area contributed by atoms with Gasteiger partial charge >= 0.3 is 5.97 Å². The van der Waals surface area contributed by atoms with Crippen molar-refractivity contribution in [3.8, 4) is 6.01 Å². The lowest BCUT2D eigenvalue weighted by Gasteiger charge is -2.06. The van der Waals surface area contributed by atoms with Crippen molar-refractivity contribution in [1.29, 1.82) is 0 Å². The lowest BCUT2D eigenvalue weighted by Crippen LogP contribution is -2.05. The van der Waals surface area contributed by atoms with Crippen molar-refractivity contribution in [2.45, 2.75) is 34.2 Å². The number of hydrogen-bond donors (Lipinski definition) is 1. The summed E-state index contributed by atoms with van der Waals surface area (Å²) in [7, 11) is 0. The van der Waals surface area contributed by atoms with Gasteiger partial charge in [-0.3, -0.25) is 4.57 Å². The van der Waals surface area contributed by atoms with E-state index in [1.807, 2.05) is 27.7 Å². The van der Waals surface area contributed by atoms with Gasteiger partial charge < -0.3 is 9.84 Å². The van der Waals surface area contributed by atoms with E-state index in [9.17, 15) is 4.79 Å². The fourth-order valence-electron chi connectivity index (χ4n) is 1.87. The molecular weight excluding hydrogens is 244 g/mol. The molecule has 1 aromatic carbocycles. The average Bonchev–Trinajstić information content (AvgIpc) is 2.78. The summed E-state index contributed by atoms with van der Waals surface area (Å²) in [5.41, 5.74) is 1.52. The largest absolute Gasteiger partial charge is 0.478 e. The number of fused-ring (bicyclic) bond motifs is 1. The number of benzene rings is 1. The van der Waals surface area contributed by atoms with Crippen LogP contribution in [0.5, 0.6) is 6.01 Å². The third kappa shape index (κ3) is 2.86. The Kier molecular flexibility index (Phi) is 5.36. The normalized spacial score (nSPS) is 9.89. The Morgan fingerprint density at radius 3 is 2.58 bits per heavy atom. The second-order valence-corrected chi connectivity index (χ2v) is 3.55. The third-order valence-corrected chi connectivity index (χ3v) is 2.55. The number of carboxylic acid groups (broad SMARTS) is 1. The standard InChI is InChI=1S/C12H14N2O3.C2H6/c1-3-14-10-8(11(15)16)6-5-7-9(10)13-12(14)17-4-2;1-2/h5-7H,3-4H2,1-2H3,(H,15,16);1-2H3. The maximum Gasteiger partial charge on any atom is 0.337 e. The number of imidazole rings is 1. The number of aromatic nitrogens is 2. The summed E-state index contributed by atoms with van der Waals surface area (Å²) in [6.45, 7) is 8.93. The van der Waals surface area contributed by atoms with E-state index in [-0.39, 0.29) is 5.56 Å². The highest BCUT2D eigenvalue weighted by molar-refractivity contribution is 6.01. The fraction of sp³-hybridized carbons (Fsp3) is 0.429. The monoisotopic (exact) mass is 264 g/mol. The lowest BCUT2D eigenvalue weighted by atomic mass is 10.2. The molecule has 0 bridgehead atoms. The van der Waals surface area contributed by atoms with Gasteiger partial charge in [-0.2, -0.15) is 4.98 Å². The number of carboxylic acids is 1. The maximum absolute atomic E-state index is 11.2. The quantitative estimate of drug-likeness (QED) is 0.921. The van der Waals surface area contributed by atoms with Crippen molar-refractivity contribution in [1.82, 2.24) is 9.55 Å². The van der Waals surface area contributed by atoms with Crippen LogP contribution in [0.4, 0.5) is 0 Å². The Morgan fingerprint density at radius 1 is 1.37 bits per heavy atom. The molecule has 5 heteroatoms. The van der Waals surface area contributed by atoms with Crippen LogP contribution in [-0.2, 0) is 6.54 Å². The first-order valence-electron chi connectivity index (χ1n) is 6.54. The van der Waals surface area contributed by atoms with Crippen molar-refractivity contribution >= 4 is 17.0 Å². The number of aromatic carboxylic acids is 1. The number of para-hydroxylation sites is 1. The van der Waals surface area contributed by atoms with Crippen molar-refractivity contribution in [3.05, 3.63) is 23.8 Å².